The van der Waals surface area contributed by atoms with Gasteiger partial charge >= 0.3 is 0 Å². The first-order valence-corrected chi connectivity index (χ1v) is 5.38. The van der Waals surface area contributed by atoms with Crippen molar-refractivity contribution in [1.82, 2.24) is 4.90 Å². The lowest BCUT2D eigenvalue weighted by Gasteiger charge is -2.24. The maximum Gasteiger partial charge on any atom is 0.256 e. The zero-order valence-corrected chi connectivity index (χ0v) is 10.0. The molecule has 16 heavy (non-hydrogen) atoms. The first-order valence-electron chi connectivity index (χ1n) is 5.00. The monoisotopic (exact) mass is 236 g/mol. The number of nitrogens with zero attached hydrogens (tertiary/aromatic N) is 2. The van der Waals surface area contributed by atoms with E-state index in [0.717, 1.165) is 0 Å². The molecular weight excluding hydrogens is 224 g/mol. The van der Waals surface area contributed by atoms with Gasteiger partial charge in [-0.3, -0.25) is 4.79 Å². The number of benzene rings is 1. The van der Waals surface area contributed by atoms with Gasteiger partial charge in [-0.2, -0.15) is 5.26 Å². The Balaban J connectivity index is 3.01. The standard InChI is InChI=1S/C12H13ClN2O/c1-9(2)15(8-7-14)12(16)10-5-3-4-6-11(10)13/h3-6,9H,8H2,1-2H3. The van der Waals surface area contributed by atoms with Crippen molar-refractivity contribution in [3.8, 4) is 6.07 Å². The summed E-state index contributed by atoms with van der Waals surface area (Å²) in [7, 11) is 0. The van der Waals surface area contributed by atoms with E-state index in [1.54, 1.807) is 24.3 Å². The minimum Gasteiger partial charge on any atom is -0.323 e. The van der Waals surface area contributed by atoms with E-state index in [0.29, 0.717) is 10.6 Å². The fourth-order valence-electron chi connectivity index (χ4n) is 1.35. The third-order valence-corrected chi connectivity index (χ3v) is 2.56. The van der Waals surface area contributed by atoms with Gasteiger partial charge in [0.1, 0.15) is 6.54 Å². The summed E-state index contributed by atoms with van der Waals surface area (Å²) in [6, 6.07) is 8.81. The lowest BCUT2D eigenvalue weighted by atomic mass is 10.1. The smallest absolute Gasteiger partial charge is 0.256 e. The van der Waals surface area contributed by atoms with Crippen LogP contribution in [-0.4, -0.2) is 23.4 Å². The van der Waals surface area contributed by atoms with Gasteiger partial charge in [0, 0.05) is 6.04 Å². The highest BCUT2D eigenvalue weighted by Gasteiger charge is 2.19. The fraction of sp³-hybridized carbons (Fsp3) is 0.333. The van der Waals surface area contributed by atoms with Gasteiger partial charge in [0.2, 0.25) is 0 Å². The molecule has 0 unspecified atom stereocenters. The van der Waals surface area contributed by atoms with Crippen molar-refractivity contribution in [2.45, 2.75) is 19.9 Å². The molecule has 0 saturated heterocycles. The highest BCUT2D eigenvalue weighted by Crippen LogP contribution is 2.18. The number of hydrogen-bond acceptors (Lipinski definition) is 2. The normalized spacial score (nSPS) is 9.94. The Kier molecular flexibility index (Phi) is 4.33. The molecule has 1 aromatic rings. The van der Waals surface area contributed by atoms with E-state index in [2.05, 4.69) is 0 Å². The molecule has 0 aliphatic rings. The number of carbonyl (C=O) groups excluding carboxylic acids is 1. The van der Waals surface area contributed by atoms with Crippen LogP contribution in [0.2, 0.25) is 5.02 Å². The summed E-state index contributed by atoms with van der Waals surface area (Å²) in [5.41, 5.74) is 0.438. The Morgan fingerprint density at radius 1 is 1.50 bits per heavy atom. The average molecular weight is 237 g/mol. The maximum absolute atomic E-state index is 12.1. The van der Waals surface area contributed by atoms with Crippen molar-refractivity contribution in [3.63, 3.8) is 0 Å². The molecule has 4 heteroatoms. The lowest BCUT2D eigenvalue weighted by molar-refractivity contribution is 0.0731. The van der Waals surface area contributed by atoms with Crippen LogP contribution in [0.4, 0.5) is 0 Å². The van der Waals surface area contributed by atoms with Crippen molar-refractivity contribution >= 4 is 17.5 Å². The molecule has 0 spiro atoms. The Morgan fingerprint density at radius 2 is 2.12 bits per heavy atom. The zero-order valence-electron chi connectivity index (χ0n) is 9.27. The highest BCUT2D eigenvalue weighted by molar-refractivity contribution is 6.33. The summed E-state index contributed by atoms with van der Waals surface area (Å²) in [4.78, 5) is 13.6. The number of amides is 1. The summed E-state index contributed by atoms with van der Waals surface area (Å²) in [5.74, 6) is -0.206. The second-order valence-electron chi connectivity index (χ2n) is 3.66. The lowest BCUT2D eigenvalue weighted by Crippen LogP contribution is -2.37. The van der Waals surface area contributed by atoms with E-state index < -0.39 is 0 Å². The molecule has 0 saturated carbocycles. The Morgan fingerprint density at radius 3 is 2.62 bits per heavy atom. The van der Waals surface area contributed by atoms with E-state index >= 15 is 0 Å². The van der Waals surface area contributed by atoms with Crippen LogP contribution in [0.15, 0.2) is 24.3 Å². The molecule has 1 rings (SSSR count). The van der Waals surface area contributed by atoms with Crippen LogP contribution >= 0.6 is 11.6 Å². The molecule has 0 aliphatic carbocycles. The van der Waals surface area contributed by atoms with Gasteiger partial charge in [-0.25, -0.2) is 0 Å². The molecule has 0 aliphatic heterocycles. The number of carbonyl (C=O) groups is 1. The largest absolute Gasteiger partial charge is 0.323 e. The molecule has 0 atom stereocenters. The van der Waals surface area contributed by atoms with E-state index in [4.69, 9.17) is 16.9 Å². The van der Waals surface area contributed by atoms with Crippen LogP contribution in [0.1, 0.15) is 24.2 Å². The van der Waals surface area contributed by atoms with Crippen LogP contribution in [-0.2, 0) is 0 Å². The van der Waals surface area contributed by atoms with Gasteiger partial charge < -0.3 is 4.90 Å². The van der Waals surface area contributed by atoms with Gasteiger partial charge in [0.25, 0.3) is 5.91 Å². The van der Waals surface area contributed by atoms with E-state index in [9.17, 15) is 4.79 Å². The third-order valence-electron chi connectivity index (χ3n) is 2.23. The first-order chi connectivity index (χ1) is 7.57. The molecule has 3 nitrogen and oxygen atoms in total. The summed E-state index contributed by atoms with van der Waals surface area (Å²) in [6.45, 7) is 3.81. The number of nitriles is 1. The van der Waals surface area contributed by atoms with E-state index in [1.807, 2.05) is 19.9 Å². The van der Waals surface area contributed by atoms with Crippen molar-refractivity contribution in [3.05, 3.63) is 34.9 Å². The zero-order chi connectivity index (χ0) is 12.1. The molecule has 0 fully saturated rings. The summed E-state index contributed by atoms with van der Waals surface area (Å²) >= 11 is 5.94. The molecule has 0 aromatic heterocycles. The number of hydrogen-bond donors (Lipinski definition) is 0. The SMILES string of the molecule is CC(C)N(CC#N)C(=O)c1ccccc1Cl. The Bertz CT molecular complexity index is 423. The second-order valence-corrected chi connectivity index (χ2v) is 4.07. The first kappa shape index (κ1) is 12.5. The Hall–Kier alpha value is -1.53. The van der Waals surface area contributed by atoms with Crippen molar-refractivity contribution in [2.75, 3.05) is 6.54 Å². The minimum absolute atomic E-state index is 0.0246. The summed E-state index contributed by atoms with van der Waals surface area (Å²) in [6.07, 6.45) is 0. The van der Waals surface area contributed by atoms with Crippen molar-refractivity contribution in [2.24, 2.45) is 0 Å². The van der Waals surface area contributed by atoms with Crippen molar-refractivity contribution in [1.29, 1.82) is 5.26 Å². The van der Waals surface area contributed by atoms with Crippen LogP contribution < -0.4 is 0 Å². The predicted octanol–water partition coefficient (Wildman–Crippen LogP) is 2.71. The predicted molar refractivity (Wildman–Crippen MR) is 63.2 cm³/mol. The van der Waals surface area contributed by atoms with E-state index in [1.165, 1.54) is 4.90 Å². The third kappa shape index (κ3) is 2.74. The second kappa shape index (κ2) is 5.53. The molecule has 1 amide bonds. The van der Waals surface area contributed by atoms with Crippen LogP contribution in [0.3, 0.4) is 0 Å². The average Bonchev–Trinajstić information content (AvgIpc) is 2.25. The van der Waals surface area contributed by atoms with Crippen LogP contribution in [0.5, 0.6) is 0 Å². The van der Waals surface area contributed by atoms with E-state index in [-0.39, 0.29) is 18.5 Å². The highest BCUT2D eigenvalue weighted by atomic mass is 35.5. The number of rotatable bonds is 3. The van der Waals surface area contributed by atoms with Gasteiger partial charge in [-0.1, -0.05) is 23.7 Å². The van der Waals surface area contributed by atoms with Crippen LogP contribution in [0.25, 0.3) is 0 Å². The van der Waals surface area contributed by atoms with Crippen molar-refractivity contribution < 1.29 is 4.79 Å². The molecule has 0 N–H and O–H groups in total. The maximum atomic E-state index is 12.1. The fourth-order valence-corrected chi connectivity index (χ4v) is 1.57. The van der Waals surface area contributed by atoms with Crippen LogP contribution in [0, 0.1) is 11.3 Å². The molecule has 0 radical (unpaired) electrons. The quantitative estimate of drug-likeness (QED) is 0.758. The van der Waals surface area contributed by atoms with Gasteiger partial charge in [0.15, 0.2) is 0 Å². The summed E-state index contributed by atoms with van der Waals surface area (Å²) < 4.78 is 0. The molecule has 84 valence electrons. The molecule has 1 aromatic carbocycles. The van der Waals surface area contributed by atoms with Gasteiger partial charge in [0.05, 0.1) is 16.7 Å². The number of halogens is 1. The topological polar surface area (TPSA) is 44.1 Å². The van der Waals surface area contributed by atoms with Gasteiger partial charge in [-0.05, 0) is 26.0 Å². The molecule has 0 bridgehead atoms. The van der Waals surface area contributed by atoms with Gasteiger partial charge in [-0.15, -0.1) is 0 Å². The Labute approximate surface area is 100 Å². The minimum atomic E-state index is -0.206. The molecule has 0 heterocycles. The summed E-state index contributed by atoms with van der Waals surface area (Å²) in [5, 5.41) is 9.09. The molecular formula is C12H13ClN2O.